The summed E-state index contributed by atoms with van der Waals surface area (Å²) in [6, 6.07) is 5.36. The lowest BCUT2D eigenvalue weighted by molar-refractivity contribution is 0.997. The van der Waals surface area contributed by atoms with Gasteiger partial charge in [0.25, 0.3) is 0 Å². The maximum absolute atomic E-state index is 8.68. The Morgan fingerprint density at radius 3 is 2.94 bits per heavy atom. The zero-order valence-corrected chi connectivity index (χ0v) is 8.96. The molecule has 0 aliphatic rings. The van der Waals surface area contributed by atoms with Crippen molar-refractivity contribution >= 4 is 11.5 Å². The third-order valence-corrected chi connectivity index (χ3v) is 2.13. The highest BCUT2D eigenvalue weighted by Gasteiger charge is 2.02. The third-order valence-electron chi connectivity index (χ3n) is 2.13. The number of hydrogen-bond donors (Lipinski definition) is 2. The minimum atomic E-state index is 0.440. The van der Waals surface area contributed by atoms with Gasteiger partial charge in [-0.1, -0.05) is 0 Å². The van der Waals surface area contributed by atoms with E-state index in [2.05, 4.69) is 20.3 Å². The van der Waals surface area contributed by atoms with E-state index < -0.39 is 0 Å². The van der Waals surface area contributed by atoms with Gasteiger partial charge in [-0.25, -0.2) is 15.0 Å². The van der Waals surface area contributed by atoms with Crippen LogP contribution in [0.4, 0.5) is 11.5 Å². The molecule has 0 unspecified atom stereocenters. The predicted molar refractivity (Wildman–Crippen MR) is 62.7 cm³/mol. The molecule has 0 saturated heterocycles. The Morgan fingerprint density at radius 1 is 1.41 bits per heavy atom. The van der Waals surface area contributed by atoms with Gasteiger partial charge in [-0.2, -0.15) is 5.26 Å². The number of nitrogens with one attached hydrogen (secondary N) is 1. The maximum atomic E-state index is 8.68. The summed E-state index contributed by atoms with van der Waals surface area (Å²) in [5, 5.41) is 11.7. The average molecular weight is 226 g/mol. The van der Waals surface area contributed by atoms with Crippen LogP contribution in [0.15, 0.2) is 30.9 Å². The summed E-state index contributed by atoms with van der Waals surface area (Å²) in [7, 11) is 0. The molecule has 0 saturated carbocycles. The second-order valence-electron chi connectivity index (χ2n) is 3.33. The first kappa shape index (κ1) is 10.8. The predicted octanol–water partition coefficient (Wildman–Crippen LogP) is 0.938. The number of pyridine rings is 1. The minimum Gasteiger partial charge on any atom is -0.396 e. The number of rotatable bonds is 3. The van der Waals surface area contributed by atoms with E-state index in [0.717, 1.165) is 5.69 Å². The van der Waals surface area contributed by atoms with Gasteiger partial charge in [0, 0.05) is 12.4 Å². The fourth-order valence-corrected chi connectivity index (χ4v) is 1.29. The Morgan fingerprint density at radius 2 is 2.29 bits per heavy atom. The summed E-state index contributed by atoms with van der Waals surface area (Å²) in [6.07, 6.45) is 4.62. The third kappa shape index (κ3) is 2.66. The van der Waals surface area contributed by atoms with Crippen LogP contribution in [-0.4, -0.2) is 15.0 Å². The lowest BCUT2D eigenvalue weighted by atomic mass is 10.3. The van der Waals surface area contributed by atoms with E-state index >= 15 is 0 Å². The fourth-order valence-electron chi connectivity index (χ4n) is 1.29. The first-order chi connectivity index (χ1) is 8.29. The Bertz CT molecular complexity index is 546. The van der Waals surface area contributed by atoms with Crippen molar-refractivity contribution in [3.63, 3.8) is 0 Å². The number of nitrogen functional groups attached to an aromatic ring is 1. The molecule has 0 amide bonds. The molecule has 2 rings (SSSR count). The van der Waals surface area contributed by atoms with Gasteiger partial charge < -0.3 is 11.1 Å². The molecule has 3 N–H and O–H groups in total. The number of nitrogens with two attached hydrogens (primary N) is 1. The van der Waals surface area contributed by atoms with Crippen LogP contribution >= 0.6 is 0 Å². The van der Waals surface area contributed by atoms with Crippen molar-refractivity contribution in [1.82, 2.24) is 15.0 Å². The Hall–Kier alpha value is -2.68. The molecule has 17 heavy (non-hydrogen) atoms. The molecule has 6 nitrogen and oxygen atoms in total. The SMILES string of the molecule is N#Cc1cnc(NCc2ccncn2)c(N)c1. The van der Waals surface area contributed by atoms with Gasteiger partial charge in [0.05, 0.1) is 23.5 Å². The molecule has 2 aromatic heterocycles. The van der Waals surface area contributed by atoms with Crippen molar-refractivity contribution in [2.75, 3.05) is 11.1 Å². The summed E-state index contributed by atoms with van der Waals surface area (Å²) in [6.45, 7) is 0.506. The van der Waals surface area contributed by atoms with E-state index in [9.17, 15) is 0 Å². The zero-order valence-electron chi connectivity index (χ0n) is 8.96. The van der Waals surface area contributed by atoms with Crippen molar-refractivity contribution in [3.05, 3.63) is 42.1 Å². The van der Waals surface area contributed by atoms with E-state index in [1.807, 2.05) is 6.07 Å². The second-order valence-corrected chi connectivity index (χ2v) is 3.33. The molecule has 6 heteroatoms. The van der Waals surface area contributed by atoms with Crippen LogP contribution in [0.5, 0.6) is 0 Å². The van der Waals surface area contributed by atoms with Crippen molar-refractivity contribution in [1.29, 1.82) is 5.26 Å². The van der Waals surface area contributed by atoms with E-state index in [-0.39, 0.29) is 0 Å². The lowest BCUT2D eigenvalue weighted by Gasteiger charge is -2.07. The fraction of sp³-hybridized carbons (Fsp3) is 0.0909. The Kier molecular flexibility index (Phi) is 3.12. The van der Waals surface area contributed by atoms with E-state index in [0.29, 0.717) is 23.6 Å². The minimum absolute atomic E-state index is 0.440. The van der Waals surface area contributed by atoms with Crippen LogP contribution in [0, 0.1) is 11.3 Å². The smallest absolute Gasteiger partial charge is 0.149 e. The molecule has 0 aliphatic carbocycles. The van der Waals surface area contributed by atoms with Crippen molar-refractivity contribution in [2.24, 2.45) is 0 Å². The monoisotopic (exact) mass is 226 g/mol. The highest BCUT2D eigenvalue weighted by Crippen LogP contribution is 2.16. The number of hydrogen-bond acceptors (Lipinski definition) is 6. The second kappa shape index (κ2) is 4.90. The van der Waals surface area contributed by atoms with E-state index in [4.69, 9.17) is 11.0 Å². The van der Waals surface area contributed by atoms with E-state index in [1.54, 1.807) is 18.3 Å². The molecule has 0 aliphatic heterocycles. The summed E-state index contributed by atoms with van der Waals surface area (Å²) >= 11 is 0. The van der Waals surface area contributed by atoms with Gasteiger partial charge in [-0.15, -0.1) is 0 Å². The highest BCUT2D eigenvalue weighted by molar-refractivity contribution is 5.62. The van der Waals surface area contributed by atoms with Gasteiger partial charge in [0.15, 0.2) is 0 Å². The molecule has 0 radical (unpaired) electrons. The normalized spacial score (nSPS) is 9.59. The summed E-state index contributed by atoms with van der Waals surface area (Å²) in [4.78, 5) is 12.0. The number of aromatic nitrogens is 3. The molecular formula is C11H10N6. The molecule has 2 aromatic rings. The first-order valence-electron chi connectivity index (χ1n) is 4.94. The largest absolute Gasteiger partial charge is 0.396 e. The van der Waals surface area contributed by atoms with Gasteiger partial charge in [-0.05, 0) is 12.1 Å². The quantitative estimate of drug-likeness (QED) is 0.807. The molecular weight excluding hydrogens is 216 g/mol. The summed E-state index contributed by atoms with van der Waals surface area (Å²) in [5.41, 5.74) is 7.47. The lowest BCUT2D eigenvalue weighted by Crippen LogP contribution is -2.06. The molecule has 84 valence electrons. The number of anilines is 2. The Labute approximate surface area is 98.2 Å². The standard InChI is InChI=1S/C11H10N6/c12-4-8-3-10(13)11(15-5-8)16-6-9-1-2-14-7-17-9/h1-3,5,7H,6,13H2,(H,15,16). The summed E-state index contributed by atoms with van der Waals surface area (Å²) in [5.74, 6) is 0.544. The van der Waals surface area contributed by atoms with Crippen molar-refractivity contribution in [3.8, 4) is 6.07 Å². The first-order valence-corrected chi connectivity index (χ1v) is 4.94. The van der Waals surface area contributed by atoms with Crippen LogP contribution < -0.4 is 11.1 Å². The summed E-state index contributed by atoms with van der Waals surface area (Å²) < 4.78 is 0. The molecule has 0 aromatic carbocycles. The van der Waals surface area contributed by atoms with Crippen LogP contribution in [0.3, 0.4) is 0 Å². The number of nitrogens with zero attached hydrogens (tertiary/aromatic N) is 4. The molecule has 0 atom stereocenters. The van der Waals surface area contributed by atoms with Crippen molar-refractivity contribution < 1.29 is 0 Å². The number of nitriles is 1. The Balaban J connectivity index is 2.08. The molecule has 2 heterocycles. The van der Waals surface area contributed by atoms with Gasteiger partial charge in [0.1, 0.15) is 18.2 Å². The van der Waals surface area contributed by atoms with E-state index in [1.165, 1.54) is 12.5 Å². The van der Waals surface area contributed by atoms with Gasteiger partial charge >= 0.3 is 0 Å². The van der Waals surface area contributed by atoms with Crippen LogP contribution in [0.25, 0.3) is 0 Å². The molecule has 0 fully saturated rings. The van der Waals surface area contributed by atoms with Crippen LogP contribution in [-0.2, 0) is 6.54 Å². The van der Waals surface area contributed by atoms with Gasteiger partial charge in [0.2, 0.25) is 0 Å². The molecule has 0 bridgehead atoms. The zero-order chi connectivity index (χ0) is 12.1. The van der Waals surface area contributed by atoms with Gasteiger partial charge in [-0.3, -0.25) is 0 Å². The van der Waals surface area contributed by atoms with Crippen molar-refractivity contribution in [2.45, 2.75) is 6.54 Å². The van der Waals surface area contributed by atoms with Crippen LogP contribution in [0.1, 0.15) is 11.3 Å². The molecule has 0 spiro atoms. The van der Waals surface area contributed by atoms with Crippen LogP contribution in [0.2, 0.25) is 0 Å². The highest BCUT2D eigenvalue weighted by atomic mass is 15.0. The maximum Gasteiger partial charge on any atom is 0.149 e. The topological polar surface area (TPSA) is 101 Å². The average Bonchev–Trinajstić information content (AvgIpc) is 2.38.